The molecule has 6 heteroatoms. The summed E-state index contributed by atoms with van der Waals surface area (Å²) in [5.74, 6) is -1.76. The lowest BCUT2D eigenvalue weighted by Gasteiger charge is -2.08. The van der Waals surface area contributed by atoms with Crippen molar-refractivity contribution in [3.05, 3.63) is 59.7 Å². The molecule has 4 N–H and O–H groups in total. The molecule has 0 fully saturated rings. The lowest BCUT2D eigenvalue weighted by atomic mass is 10.1. The van der Waals surface area contributed by atoms with Gasteiger partial charge in [-0.05, 0) is 42.7 Å². The van der Waals surface area contributed by atoms with Crippen molar-refractivity contribution in [3.8, 4) is 17.2 Å². The average Bonchev–Trinajstić information content (AvgIpc) is 2.61. The second-order valence-electron chi connectivity index (χ2n) is 6.04. The van der Waals surface area contributed by atoms with Gasteiger partial charge in [-0.1, -0.05) is 36.4 Å². The van der Waals surface area contributed by atoms with E-state index in [1.807, 2.05) is 31.2 Å². The Morgan fingerprint density at radius 1 is 1.15 bits per heavy atom. The lowest BCUT2D eigenvalue weighted by Crippen LogP contribution is -2.29. The van der Waals surface area contributed by atoms with Gasteiger partial charge in [0.25, 0.3) is 5.91 Å². The summed E-state index contributed by atoms with van der Waals surface area (Å²) in [5.41, 5.74) is 3.34. The molecule has 0 spiro atoms. The first kappa shape index (κ1) is 19.1. The second kappa shape index (κ2) is 8.20. The van der Waals surface area contributed by atoms with Crippen LogP contribution in [0.15, 0.2) is 48.0 Å². The van der Waals surface area contributed by atoms with Gasteiger partial charge in [-0.15, -0.1) is 0 Å². The van der Waals surface area contributed by atoms with Gasteiger partial charge in [-0.2, -0.15) is 0 Å². The van der Waals surface area contributed by atoms with Crippen LogP contribution in [0, 0.1) is 6.92 Å². The Kier molecular flexibility index (Phi) is 6.01. The topological polar surface area (TPSA) is 102 Å². The van der Waals surface area contributed by atoms with Gasteiger partial charge in [0.1, 0.15) is 0 Å². The number of aryl methyl sites for hydroxylation is 1. The van der Waals surface area contributed by atoms with Gasteiger partial charge in [-0.3, -0.25) is 9.79 Å². The van der Waals surface area contributed by atoms with Crippen molar-refractivity contribution in [2.75, 3.05) is 6.54 Å². The van der Waals surface area contributed by atoms with E-state index < -0.39 is 17.2 Å². The molecule has 2 rings (SSSR count). The second-order valence-corrected chi connectivity index (χ2v) is 6.04. The van der Waals surface area contributed by atoms with Crippen molar-refractivity contribution < 1.29 is 20.1 Å². The molecule has 0 unspecified atom stereocenters. The zero-order valence-corrected chi connectivity index (χ0v) is 14.8. The monoisotopic (exact) mass is 354 g/mol. The molecule has 0 saturated heterocycles. The van der Waals surface area contributed by atoms with Crippen LogP contribution in [0.3, 0.4) is 0 Å². The van der Waals surface area contributed by atoms with Crippen molar-refractivity contribution in [3.63, 3.8) is 0 Å². The smallest absolute Gasteiger partial charge is 0.265 e. The highest BCUT2D eigenvalue weighted by Crippen LogP contribution is 2.37. The number of carbonyl (C=O) groups is 1. The average molecular weight is 354 g/mol. The maximum atomic E-state index is 12.1. The SMILES string of the molecule is C=C(CN=C(C)C(=O)NCc1cccc(C)c1)c1cc(O)c(O)c(O)c1. The number of rotatable bonds is 6. The molecule has 0 bridgehead atoms. The van der Waals surface area contributed by atoms with E-state index in [9.17, 15) is 20.1 Å². The molecule has 0 atom stereocenters. The third-order valence-electron chi connectivity index (χ3n) is 3.85. The van der Waals surface area contributed by atoms with Crippen molar-refractivity contribution >= 4 is 17.2 Å². The summed E-state index contributed by atoms with van der Waals surface area (Å²) in [6.45, 7) is 7.95. The van der Waals surface area contributed by atoms with Gasteiger partial charge >= 0.3 is 0 Å². The van der Waals surface area contributed by atoms with Crippen LogP contribution in [0.1, 0.15) is 23.6 Å². The number of benzene rings is 2. The molecule has 0 heterocycles. The third kappa shape index (κ3) is 4.86. The zero-order valence-electron chi connectivity index (χ0n) is 14.8. The van der Waals surface area contributed by atoms with Gasteiger partial charge < -0.3 is 20.6 Å². The van der Waals surface area contributed by atoms with Gasteiger partial charge in [0.2, 0.25) is 0 Å². The predicted octanol–water partition coefficient (Wildman–Crippen LogP) is 2.90. The lowest BCUT2D eigenvalue weighted by molar-refractivity contribution is -0.115. The highest BCUT2D eigenvalue weighted by molar-refractivity contribution is 6.37. The molecule has 1 amide bonds. The standard InChI is InChI=1S/C20H22N2O4/c1-12-5-4-6-15(7-12)11-22-20(26)14(3)21-10-13(2)16-8-17(23)19(25)18(24)9-16/h4-9,23-25H,2,10-11H2,1,3H3,(H,22,26). The van der Waals surface area contributed by atoms with Gasteiger partial charge in [-0.25, -0.2) is 0 Å². The van der Waals surface area contributed by atoms with Gasteiger partial charge in [0, 0.05) is 6.54 Å². The Bertz CT molecular complexity index is 849. The number of nitrogens with zero attached hydrogens (tertiary/aromatic N) is 1. The van der Waals surface area contributed by atoms with Crippen LogP contribution < -0.4 is 5.32 Å². The molecular weight excluding hydrogens is 332 g/mol. The maximum absolute atomic E-state index is 12.1. The minimum atomic E-state index is -0.586. The summed E-state index contributed by atoms with van der Waals surface area (Å²) in [7, 11) is 0. The van der Waals surface area contributed by atoms with Crippen LogP contribution >= 0.6 is 0 Å². The Morgan fingerprint density at radius 3 is 2.42 bits per heavy atom. The number of hydrogen-bond acceptors (Lipinski definition) is 5. The Labute approximate surface area is 152 Å². The number of phenolic OH excluding ortho intramolecular Hbond substituents is 3. The summed E-state index contributed by atoms with van der Waals surface area (Å²) < 4.78 is 0. The quantitative estimate of drug-likeness (QED) is 0.473. The van der Waals surface area contributed by atoms with Gasteiger partial charge in [0.15, 0.2) is 17.2 Å². The van der Waals surface area contributed by atoms with E-state index in [0.717, 1.165) is 11.1 Å². The van der Waals surface area contributed by atoms with Crippen LogP contribution in [-0.4, -0.2) is 33.5 Å². The van der Waals surface area contributed by atoms with Crippen LogP contribution in [0.5, 0.6) is 17.2 Å². The number of hydrogen-bond donors (Lipinski definition) is 4. The maximum Gasteiger partial charge on any atom is 0.265 e. The Balaban J connectivity index is 1.96. The highest BCUT2D eigenvalue weighted by Gasteiger charge is 2.11. The summed E-state index contributed by atoms with van der Waals surface area (Å²) in [4.78, 5) is 16.3. The number of phenols is 3. The molecule has 6 nitrogen and oxygen atoms in total. The summed E-state index contributed by atoms with van der Waals surface area (Å²) in [5, 5.41) is 31.3. The first-order chi connectivity index (χ1) is 12.3. The highest BCUT2D eigenvalue weighted by atomic mass is 16.3. The molecule has 0 saturated carbocycles. The van der Waals surface area contributed by atoms with Crippen molar-refractivity contribution in [2.45, 2.75) is 20.4 Å². The van der Waals surface area contributed by atoms with E-state index in [1.54, 1.807) is 6.92 Å². The van der Waals surface area contributed by atoms with Gasteiger partial charge in [0.05, 0.1) is 12.3 Å². The molecule has 2 aromatic carbocycles. The van der Waals surface area contributed by atoms with Crippen LogP contribution in [-0.2, 0) is 11.3 Å². The van der Waals surface area contributed by atoms with Crippen molar-refractivity contribution in [1.82, 2.24) is 5.32 Å². The third-order valence-corrected chi connectivity index (χ3v) is 3.85. The Hall–Kier alpha value is -3.28. The fourth-order valence-corrected chi connectivity index (χ4v) is 2.32. The molecule has 136 valence electrons. The number of amides is 1. The zero-order chi connectivity index (χ0) is 19.3. The first-order valence-corrected chi connectivity index (χ1v) is 8.06. The van der Waals surface area contributed by atoms with E-state index in [2.05, 4.69) is 16.9 Å². The molecular formula is C20H22N2O4. The summed E-state index contributed by atoms with van der Waals surface area (Å²) in [6, 6.07) is 10.4. The number of carbonyl (C=O) groups excluding carboxylic acids is 1. The number of aromatic hydroxyl groups is 3. The van der Waals surface area contributed by atoms with E-state index in [4.69, 9.17) is 0 Å². The number of nitrogens with one attached hydrogen (secondary N) is 1. The van der Waals surface area contributed by atoms with Crippen molar-refractivity contribution in [1.29, 1.82) is 0 Å². The van der Waals surface area contributed by atoms with E-state index in [0.29, 0.717) is 23.4 Å². The predicted molar refractivity (Wildman–Crippen MR) is 101 cm³/mol. The molecule has 26 heavy (non-hydrogen) atoms. The van der Waals surface area contributed by atoms with Crippen LogP contribution in [0.4, 0.5) is 0 Å². The molecule has 0 radical (unpaired) electrons. The van der Waals surface area contributed by atoms with Crippen molar-refractivity contribution in [2.24, 2.45) is 4.99 Å². The number of aliphatic imine (C=N–C) groups is 1. The minimum Gasteiger partial charge on any atom is -0.504 e. The molecule has 0 aliphatic carbocycles. The molecule has 2 aromatic rings. The normalized spacial score (nSPS) is 11.2. The molecule has 0 aliphatic heterocycles. The summed E-state index contributed by atoms with van der Waals surface area (Å²) in [6.07, 6.45) is 0. The van der Waals surface area contributed by atoms with E-state index in [1.165, 1.54) is 12.1 Å². The fourth-order valence-electron chi connectivity index (χ4n) is 2.32. The first-order valence-electron chi connectivity index (χ1n) is 8.06. The minimum absolute atomic E-state index is 0.118. The summed E-state index contributed by atoms with van der Waals surface area (Å²) >= 11 is 0. The van der Waals surface area contributed by atoms with Crippen LogP contribution in [0.25, 0.3) is 5.57 Å². The Morgan fingerprint density at radius 2 is 1.81 bits per heavy atom. The van der Waals surface area contributed by atoms with Crippen LogP contribution in [0.2, 0.25) is 0 Å². The van der Waals surface area contributed by atoms with E-state index in [-0.39, 0.29) is 12.5 Å². The largest absolute Gasteiger partial charge is 0.504 e. The fraction of sp³-hybridized carbons (Fsp3) is 0.200. The van der Waals surface area contributed by atoms with E-state index >= 15 is 0 Å². The molecule has 0 aromatic heterocycles. The molecule has 0 aliphatic rings.